The summed E-state index contributed by atoms with van der Waals surface area (Å²) in [5.74, 6) is 1.06. The van der Waals surface area contributed by atoms with Gasteiger partial charge in [-0.05, 0) is 89.7 Å². The number of nitrogens with zero attached hydrogens (tertiary/aromatic N) is 1. The van der Waals surface area contributed by atoms with Crippen LogP contribution in [0.25, 0.3) is 0 Å². The molecule has 0 amide bonds. The number of carbonyl (C=O) groups excluding carboxylic acids is 1. The largest absolute Gasteiger partial charge is 0.462 e. The average molecular weight is 585 g/mol. The number of hydrogen-bond donors (Lipinski definition) is 2. The number of nitrogens with two attached hydrogens (primary N) is 1. The number of unbranched alkanes of at least 4 members (excludes halogenated alkanes) is 18. The molecule has 0 aliphatic heterocycles. The number of carbonyl (C=O) groups is 1. The third-order valence-electron chi connectivity index (χ3n) is 8.22. The van der Waals surface area contributed by atoms with Gasteiger partial charge in [-0.15, -0.1) is 0 Å². The molecule has 40 heavy (non-hydrogen) atoms. The maximum Gasteiger partial charge on any atom is 0.306 e. The van der Waals surface area contributed by atoms with E-state index in [9.17, 15) is 4.79 Å². The second kappa shape index (κ2) is 33.2. The van der Waals surface area contributed by atoms with Crippen molar-refractivity contribution in [2.45, 2.75) is 187 Å². The normalized spacial score (nSPS) is 11.7. The van der Waals surface area contributed by atoms with Crippen LogP contribution >= 0.6 is 12.6 Å². The Balaban J connectivity index is 4.10. The van der Waals surface area contributed by atoms with E-state index in [2.05, 4.69) is 31.4 Å². The van der Waals surface area contributed by atoms with Crippen LogP contribution < -0.4 is 5.73 Å². The molecule has 2 N–H and O–H groups in total. The van der Waals surface area contributed by atoms with Gasteiger partial charge < -0.3 is 15.4 Å². The van der Waals surface area contributed by atoms with Gasteiger partial charge in [0.15, 0.2) is 0 Å². The quantitative estimate of drug-likeness (QED) is 0.0458. The van der Waals surface area contributed by atoms with E-state index >= 15 is 0 Å². The van der Waals surface area contributed by atoms with Gasteiger partial charge in [0.05, 0.1) is 0 Å². The Morgan fingerprint density at radius 1 is 0.600 bits per heavy atom. The molecule has 0 atom stereocenters. The molecule has 0 heterocycles. The fourth-order valence-electron chi connectivity index (χ4n) is 5.57. The van der Waals surface area contributed by atoms with Crippen molar-refractivity contribution in [3.8, 4) is 0 Å². The minimum atomic E-state index is 0.0456. The molecule has 0 bridgehead atoms. The molecular weight excluding hydrogens is 512 g/mol. The third-order valence-corrected chi connectivity index (χ3v) is 8.54. The van der Waals surface area contributed by atoms with E-state index in [0.29, 0.717) is 6.42 Å². The smallest absolute Gasteiger partial charge is 0.306 e. The molecule has 0 saturated carbocycles. The van der Waals surface area contributed by atoms with Crippen molar-refractivity contribution in [2.24, 2.45) is 5.73 Å². The molecule has 0 spiro atoms. The summed E-state index contributed by atoms with van der Waals surface area (Å²) in [6.07, 6.45) is 32.0. The lowest BCUT2D eigenvalue weighted by atomic mass is 10.0. The first kappa shape index (κ1) is 39.7. The highest BCUT2D eigenvalue weighted by molar-refractivity contribution is 7.80. The monoisotopic (exact) mass is 585 g/mol. The molecule has 240 valence electrons. The predicted molar refractivity (Wildman–Crippen MR) is 181 cm³/mol. The maximum atomic E-state index is 12.6. The number of rotatable bonds is 33. The van der Waals surface area contributed by atoms with E-state index in [-0.39, 0.29) is 12.1 Å². The first-order valence-electron chi connectivity index (χ1n) is 17.9. The van der Waals surface area contributed by atoms with E-state index in [1.807, 2.05) is 0 Å². The molecule has 0 radical (unpaired) electrons. The molecule has 0 saturated heterocycles. The Morgan fingerprint density at radius 3 is 1.52 bits per heavy atom. The molecule has 0 rings (SSSR count). The van der Waals surface area contributed by atoms with Gasteiger partial charge in [0.2, 0.25) is 0 Å². The lowest BCUT2D eigenvalue weighted by Gasteiger charge is -2.22. The summed E-state index contributed by atoms with van der Waals surface area (Å²) in [7, 11) is 0. The number of esters is 1. The van der Waals surface area contributed by atoms with Crippen molar-refractivity contribution in [3.63, 3.8) is 0 Å². The summed E-state index contributed by atoms with van der Waals surface area (Å²) < 4.78 is 6.01. The number of ether oxygens (including phenoxy) is 1. The molecular formula is C35H72N2O2S. The zero-order valence-corrected chi connectivity index (χ0v) is 28.2. The summed E-state index contributed by atoms with van der Waals surface area (Å²) in [4.78, 5) is 15.2. The Kier molecular flexibility index (Phi) is 33.0. The van der Waals surface area contributed by atoms with Gasteiger partial charge in [0, 0.05) is 6.42 Å². The minimum Gasteiger partial charge on any atom is -0.462 e. The molecule has 0 aromatic heterocycles. The van der Waals surface area contributed by atoms with Crippen LogP contribution in [0.2, 0.25) is 0 Å². The lowest BCUT2D eigenvalue weighted by Crippen LogP contribution is -2.28. The van der Waals surface area contributed by atoms with Crippen LogP contribution in [0.5, 0.6) is 0 Å². The Morgan fingerprint density at radius 2 is 1.02 bits per heavy atom. The van der Waals surface area contributed by atoms with Crippen molar-refractivity contribution in [1.29, 1.82) is 0 Å². The van der Waals surface area contributed by atoms with E-state index in [0.717, 1.165) is 50.9 Å². The third kappa shape index (κ3) is 29.2. The van der Waals surface area contributed by atoms with Crippen LogP contribution in [0.3, 0.4) is 0 Å². The minimum absolute atomic E-state index is 0.0456. The van der Waals surface area contributed by atoms with Crippen molar-refractivity contribution >= 4 is 18.6 Å². The first-order chi connectivity index (χ1) is 19.7. The van der Waals surface area contributed by atoms with Crippen LogP contribution in [0.4, 0.5) is 0 Å². The summed E-state index contributed by atoms with van der Waals surface area (Å²) in [5.41, 5.74) is 5.77. The summed E-state index contributed by atoms with van der Waals surface area (Å²) in [5, 5.41) is 0. The van der Waals surface area contributed by atoms with Crippen LogP contribution in [0.1, 0.15) is 181 Å². The number of hydrogen-bond acceptors (Lipinski definition) is 5. The molecule has 0 unspecified atom stereocenters. The standard InChI is InChI=1S/C35H72N2O2S/c1-3-5-7-9-13-19-26-34(27-20-14-10-8-6-4-2)39-35(38)28-21-15-11-16-22-30-37(32-25-29-36)31-23-17-12-18-24-33-40/h34,40H,3-33,36H2,1-2H3. The molecule has 4 nitrogen and oxygen atoms in total. The fourth-order valence-corrected chi connectivity index (χ4v) is 5.80. The second-order valence-corrected chi connectivity index (χ2v) is 12.7. The average Bonchev–Trinajstić information content (AvgIpc) is 2.95. The van der Waals surface area contributed by atoms with E-state index in [4.69, 9.17) is 10.5 Å². The van der Waals surface area contributed by atoms with E-state index < -0.39 is 0 Å². The van der Waals surface area contributed by atoms with Gasteiger partial charge in [0.1, 0.15) is 6.10 Å². The Bertz CT molecular complexity index is 490. The van der Waals surface area contributed by atoms with Crippen molar-refractivity contribution in [1.82, 2.24) is 4.90 Å². The summed E-state index contributed by atoms with van der Waals surface area (Å²) in [6.45, 7) is 8.86. The van der Waals surface area contributed by atoms with Crippen LogP contribution in [-0.2, 0) is 9.53 Å². The van der Waals surface area contributed by atoms with Crippen molar-refractivity contribution < 1.29 is 9.53 Å². The fraction of sp³-hybridized carbons (Fsp3) is 0.971. The highest BCUT2D eigenvalue weighted by Crippen LogP contribution is 2.18. The molecule has 5 heteroatoms. The summed E-state index contributed by atoms with van der Waals surface area (Å²) >= 11 is 4.31. The SMILES string of the molecule is CCCCCCCCC(CCCCCCCC)OC(=O)CCCCCCCN(CCCN)CCCCCCCS. The molecule has 0 aliphatic carbocycles. The number of thiol groups is 1. The Hall–Kier alpha value is -0.260. The first-order valence-corrected chi connectivity index (χ1v) is 18.5. The summed E-state index contributed by atoms with van der Waals surface area (Å²) in [6, 6.07) is 0. The van der Waals surface area contributed by atoms with Crippen molar-refractivity contribution in [2.75, 3.05) is 31.9 Å². The maximum absolute atomic E-state index is 12.6. The predicted octanol–water partition coefficient (Wildman–Crippen LogP) is 10.3. The van der Waals surface area contributed by atoms with E-state index in [1.165, 1.54) is 142 Å². The van der Waals surface area contributed by atoms with Crippen molar-refractivity contribution in [3.05, 3.63) is 0 Å². The van der Waals surface area contributed by atoms with Gasteiger partial charge in [-0.2, -0.15) is 12.6 Å². The lowest BCUT2D eigenvalue weighted by molar-refractivity contribution is -0.150. The van der Waals surface area contributed by atoms with Crippen LogP contribution in [0.15, 0.2) is 0 Å². The highest BCUT2D eigenvalue weighted by Gasteiger charge is 2.14. The van der Waals surface area contributed by atoms with Gasteiger partial charge >= 0.3 is 5.97 Å². The molecule has 0 aliphatic rings. The topological polar surface area (TPSA) is 55.6 Å². The molecule has 0 fully saturated rings. The second-order valence-electron chi connectivity index (χ2n) is 12.2. The zero-order chi connectivity index (χ0) is 29.4. The van der Waals surface area contributed by atoms with Gasteiger partial charge in [0.25, 0.3) is 0 Å². The van der Waals surface area contributed by atoms with Gasteiger partial charge in [-0.25, -0.2) is 0 Å². The zero-order valence-electron chi connectivity index (χ0n) is 27.3. The molecule has 0 aromatic carbocycles. The van der Waals surface area contributed by atoms with Gasteiger partial charge in [-0.3, -0.25) is 4.79 Å². The highest BCUT2D eigenvalue weighted by atomic mass is 32.1. The van der Waals surface area contributed by atoms with Gasteiger partial charge in [-0.1, -0.05) is 117 Å². The van der Waals surface area contributed by atoms with Crippen LogP contribution in [0, 0.1) is 0 Å². The Labute approximate surface area is 257 Å². The molecule has 0 aromatic rings. The van der Waals surface area contributed by atoms with E-state index in [1.54, 1.807) is 0 Å². The van der Waals surface area contributed by atoms with Crippen LogP contribution in [-0.4, -0.2) is 48.9 Å².